The third-order valence-electron chi connectivity index (χ3n) is 2.55. The lowest BCUT2D eigenvalue weighted by molar-refractivity contribution is 0.173. The van der Waals surface area contributed by atoms with Crippen molar-refractivity contribution in [3.05, 3.63) is 6.20 Å². The smallest absolute Gasteiger partial charge is 0.246 e. The first-order valence-corrected chi connectivity index (χ1v) is 7.27. The lowest BCUT2D eigenvalue weighted by Crippen LogP contribution is -2.37. The molecule has 0 aliphatic heterocycles. The highest BCUT2D eigenvalue weighted by molar-refractivity contribution is 7.89. The Balaban J connectivity index is 2.94. The Morgan fingerprint density at radius 1 is 1.56 bits per heavy atom. The number of rotatable bonds is 7. The summed E-state index contributed by atoms with van der Waals surface area (Å²) in [6, 6.07) is -0.274. The van der Waals surface area contributed by atoms with Gasteiger partial charge in [0.05, 0.1) is 6.61 Å². The van der Waals surface area contributed by atoms with Gasteiger partial charge in [0.25, 0.3) is 0 Å². The second kappa shape index (κ2) is 6.17. The number of nitrogens with two attached hydrogens (primary N) is 1. The number of anilines is 1. The molecule has 18 heavy (non-hydrogen) atoms. The third kappa shape index (κ3) is 3.44. The minimum atomic E-state index is -3.65. The van der Waals surface area contributed by atoms with Crippen LogP contribution < -0.4 is 10.5 Å². The summed E-state index contributed by atoms with van der Waals surface area (Å²) in [6.45, 7) is 4.62. The number of methoxy groups -OCH3 is 1. The van der Waals surface area contributed by atoms with Gasteiger partial charge >= 0.3 is 0 Å². The largest absolute Gasteiger partial charge is 0.383 e. The minimum Gasteiger partial charge on any atom is -0.383 e. The molecule has 0 fully saturated rings. The Labute approximate surface area is 107 Å². The molecular formula is C10H20N4O3S. The number of ether oxygens (including phenoxy) is 1. The summed E-state index contributed by atoms with van der Waals surface area (Å²) in [7, 11) is -2.12. The molecule has 0 aliphatic rings. The van der Waals surface area contributed by atoms with Crippen molar-refractivity contribution in [2.45, 2.75) is 37.8 Å². The zero-order valence-electron chi connectivity index (χ0n) is 10.9. The van der Waals surface area contributed by atoms with Crippen molar-refractivity contribution in [1.82, 2.24) is 14.5 Å². The van der Waals surface area contributed by atoms with E-state index < -0.39 is 10.0 Å². The van der Waals surface area contributed by atoms with Crippen molar-refractivity contribution in [2.75, 3.05) is 19.5 Å². The molecule has 1 aromatic rings. The summed E-state index contributed by atoms with van der Waals surface area (Å²) in [5, 5.41) is 3.92. The maximum atomic E-state index is 12.1. The van der Waals surface area contributed by atoms with Crippen LogP contribution in [0.15, 0.2) is 11.1 Å². The van der Waals surface area contributed by atoms with Gasteiger partial charge in [0.2, 0.25) is 10.0 Å². The molecule has 1 atom stereocenters. The van der Waals surface area contributed by atoms with E-state index in [1.807, 2.05) is 13.8 Å². The molecule has 0 radical (unpaired) electrons. The monoisotopic (exact) mass is 276 g/mol. The van der Waals surface area contributed by atoms with E-state index in [1.54, 1.807) is 0 Å². The molecule has 8 heteroatoms. The molecule has 0 saturated heterocycles. The highest BCUT2D eigenvalue weighted by Crippen LogP contribution is 2.16. The molecule has 1 heterocycles. The Hall–Kier alpha value is -1.12. The van der Waals surface area contributed by atoms with E-state index in [0.29, 0.717) is 19.6 Å². The van der Waals surface area contributed by atoms with Crippen LogP contribution in [0, 0.1) is 0 Å². The van der Waals surface area contributed by atoms with E-state index in [-0.39, 0.29) is 16.8 Å². The lowest BCUT2D eigenvalue weighted by atomic mass is 10.3. The second-order valence-electron chi connectivity index (χ2n) is 3.92. The second-order valence-corrected chi connectivity index (χ2v) is 5.60. The van der Waals surface area contributed by atoms with Crippen molar-refractivity contribution in [3.8, 4) is 0 Å². The standard InChI is InChI=1S/C10H20N4O3S/c1-4-8(7-17-3)13-18(15,16)9-6-14(5-2)12-10(9)11/h6,8,13H,4-5,7H2,1-3H3,(H2,11,12). The molecule has 7 nitrogen and oxygen atoms in total. The Kier molecular flexibility index (Phi) is 5.12. The van der Waals surface area contributed by atoms with E-state index >= 15 is 0 Å². The quantitative estimate of drug-likeness (QED) is 0.740. The van der Waals surface area contributed by atoms with Crippen LogP contribution in [0.5, 0.6) is 0 Å². The lowest BCUT2D eigenvalue weighted by Gasteiger charge is -2.15. The molecule has 0 amide bonds. The van der Waals surface area contributed by atoms with Gasteiger partial charge in [0.1, 0.15) is 4.90 Å². The fourth-order valence-electron chi connectivity index (χ4n) is 1.51. The number of nitrogens with one attached hydrogen (secondary N) is 1. The van der Waals surface area contributed by atoms with Crippen LogP contribution in [0.3, 0.4) is 0 Å². The van der Waals surface area contributed by atoms with Gasteiger partial charge < -0.3 is 10.5 Å². The molecule has 3 N–H and O–H groups in total. The van der Waals surface area contributed by atoms with E-state index in [1.165, 1.54) is 18.0 Å². The molecule has 0 aliphatic carbocycles. The summed E-state index contributed by atoms with van der Waals surface area (Å²) >= 11 is 0. The van der Waals surface area contributed by atoms with Crippen LogP contribution in [0.4, 0.5) is 5.82 Å². The van der Waals surface area contributed by atoms with Crippen LogP contribution in [0.25, 0.3) is 0 Å². The van der Waals surface area contributed by atoms with Gasteiger partial charge in [0, 0.05) is 25.9 Å². The van der Waals surface area contributed by atoms with Crippen LogP contribution in [0.1, 0.15) is 20.3 Å². The first-order valence-electron chi connectivity index (χ1n) is 5.78. The van der Waals surface area contributed by atoms with Crippen LogP contribution in [0.2, 0.25) is 0 Å². The topological polar surface area (TPSA) is 99.2 Å². The molecule has 1 rings (SSSR count). The van der Waals surface area contributed by atoms with Crippen LogP contribution >= 0.6 is 0 Å². The van der Waals surface area contributed by atoms with Gasteiger partial charge in [-0.1, -0.05) is 6.92 Å². The predicted molar refractivity (Wildman–Crippen MR) is 68.6 cm³/mol. The highest BCUT2D eigenvalue weighted by atomic mass is 32.2. The maximum absolute atomic E-state index is 12.1. The number of nitrogens with zero attached hydrogens (tertiary/aromatic N) is 2. The SMILES string of the molecule is CCC(COC)NS(=O)(=O)c1cn(CC)nc1N. The van der Waals surface area contributed by atoms with Crippen LogP contribution in [-0.2, 0) is 21.3 Å². The number of sulfonamides is 1. The van der Waals surface area contributed by atoms with Crippen LogP contribution in [-0.4, -0.2) is 38.0 Å². The van der Waals surface area contributed by atoms with Crippen molar-refractivity contribution >= 4 is 15.8 Å². The van der Waals surface area contributed by atoms with Gasteiger partial charge in [0.15, 0.2) is 5.82 Å². The fraction of sp³-hybridized carbons (Fsp3) is 0.700. The maximum Gasteiger partial charge on any atom is 0.246 e. The number of aryl methyl sites for hydroxylation is 1. The number of hydrogen-bond donors (Lipinski definition) is 2. The van der Waals surface area contributed by atoms with Gasteiger partial charge in [-0.15, -0.1) is 0 Å². The molecule has 0 bridgehead atoms. The summed E-state index contributed by atoms with van der Waals surface area (Å²) < 4.78 is 33.2. The highest BCUT2D eigenvalue weighted by Gasteiger charge is 2.23. The third-order valence-corrected chi connectivity index (χ3v) is 4.09. The van der Waals surface area contributed by atoms with E-state index in [0.717, 1.165) is 0 Å². The van der Waals surface area contributed by atoms with Gasteiger partial charge in [-0.25, -0.2) is 13.1 Å². The Bertz CT molecular complexity index is 483. The normalized spacial score (nSPS) is 13.7. The Morgan fingerprint density at radius 3 is 2.67 bits per heavy atom. The first-order chi connectivity index (χ1) is 8.44. The summed E-state index contributed by atoms with van der Waals surface area (Å²) in [4.78, 5) is 0.0129. The van der Waals surface area contributed by atoms with Crippen molar-refractivity contribution in [1.29, 1.82) is 0 Å². The molecule has 0 aromatic carbocycles. The molecule has 1 unspecified atom stereocenters. The minimum absolute atomic E-state index is 0.0108. The molecular weight excluding hydrogens is 256 g/mol. The number of aromatic nitrogens is 2. The van der Waals surface area contributed by atoms with E-state index in [4.69, 9.17) is 10.5 Å². The van der Waals surface area contributed by atoms with Crippen molar-refractivity contribution in [2.24, 2.45) is 0 Å². The first kappa shape index (κ1) is 14.9. The average Bonchev–Trinajstić information content (AvgIpc) is 2.70. The van der Waals surface area contributed by atoms with E-state index in [2.05, 4.69) is 9.82 Å². The van der Waals surface area contributed by atoms with Gasteiger partial charge in [-0.2, -0.15) is 5.10 Å². The predicted octanol–water partition coefficient (Wildman–Crippen LogP) is 0.189. The summed E-state index contributed by atoms with van der Waals surface area (Å²) in [6.07, 6.45) is 2.06. The summed E-state index contributed by atoms with van der Waals surface area (Å²) in [5.74, 6) is 0.0108. The van der Waals surface area contributed by atoms with Gasteiger partial charge in [-0.3, -0.25) is 4.68 Å². The molecule has 1 aromatic heterocycles. The zero-order chi connectivity index (χ0) is 13.8. The van der Waals surface area contributed by atoms with Crippen molar-refractivity contribution < 1.29 is 13.2 Å². The molecule has 0 spiro atoms. The van der Waals surface area contributed by atoms with Crippen molar-refractivity contribution in [3.63, 3.8) is 0 Å². The molecule has 104 valence electrons. The molecule has 0 saturated carbocycles. The zero-order valence-corrected chi connectivity index (χ0v) is 11.7. The number of hydrogen-bond acceptors (Lipinski definition) is 5. The summed E-state index contributed by atoms with van der Waals surface area (Å²) in [5.41, 5.74) is 5.61. The average molecular weight is 276 g/mol. The number of nitrogen functional groups attached to an aromatic ring is 1. The van der Waals surface area contributed by atoms with E-state index in [9.17, 15) is 8.42 Å². The fourth-order valence-corrected chi connectivity index (χ4v) is 2.88. The van der Waals surface area contributed by atoms with Gasteiger partial charge in [-0.05, 0) is 13.3 Å². The Morgan fingerprint density at radius 2 is 2.22 bits per heavy atom.